The third kappa shape index (κ3) is 5.22. The van der Waals surface area contributed by atoms with E-state index in [1.54, 1.807) is 0 Å². The molecule has 1 N–H and O–H groups in total. The number of hydrogen-bond donors (Lipinski definition) is 1. The summed E-state index contributed by atoms with van der Waals surface area (Å²) in [6.07, 6.45) is -5.86. The van der Waals surface area contributed by atoms with Crippen molar-refractivity contribution in [2.75, 3.05) is 11.9 Å². The van der Waals surface area contributed by atoms with Crippen LogP contribution in [0.5, 0.6) is 0 Å². The quantitative estimate of drug-likeness (QED) is 0.667. The highest BCUT2D eigenvalue weighted by Crippen LogP contribution is 2.18. The largest absolute Gasteiger partial charge is 0.411 e. The molecule has 1 aromatic rings. The summed E-state index contributed by atoms with van der Waals surface area (Å²) in [5.41, 5.74) is -0.140. The Morgan fingerprint density at radius 3 is 2.70 bits per heavy atom. The second-order valence-corrected chi connectivity index (χ2v) is 3.87. The number of anilines is 1. The van der Waals surface area contributed by atoms with Crippen molar-refractivity contribution in [2.24, 2.45) is 0 Å². The maximum absolute atomic E-state index is 11.9. The Morgan fingerprint density at radius 1 is 1.50 bits per heavy atom. The van der Waals surface area contributed by atoms with Crippen LogP contribution < -0.4 is 5.32 Å². The van der Waals surface area contributed by atoms with E-state index in [4.69, 9.17) is 0 Å². The highest BCUT2D eigenvalue weighted by atomic mass is 19.4. The number of halogens is 3. The van der Waals surface area contributed by atoms with E-state index in [1.165, 1.54) is 18.2 Å². The van der Waals surface area contributed by atoms with E-state index >= 15 is 0 Å². The summed E-state index contributed by atoms with van der Waals surface area (Å²) in [6.45, 7) is -0.394. The Bertz CT molecular complexity index is 505. The SMILES string of the molecule is C[C@@H](OCC(F)(F)F)C(=O)Nc1cccc([N+](=O)[O-])c1. The molecule has 0 fully saturated rings. The van der Waals surface area contributed by atoms with Gasteiger partial charge in [-0.15, -0.1) is 0 Å². The van der Waals surface area contributed by atoms with Gasteiger partial charge in [0.05, 0.1) is 4.92 Å². The summed E-state index contributed by atoms with van der Waals surface area (Å²) in [5, 5.41) is 12.8. The van der Waals surface area contributed by atoms with Gasteiger partial charge in [0.2, 0.25) is 0 Å². The molecule has 0 aliphatic rings. The molecule has 1 aromatic carbocycles. The van der Waals surface area contributed by atoms with Crippen molar-refractivity contribution in [1.82, 2.24) is 0 Å². The lowest BCUT2D eigenvalue weighted by Gasteiger charge is -2.14. The second-order valence-electron chi connectivity index (χ2n) is 3.87. The lowest BCUT2D eigenvalue weighted by atomic mass is 10.2. The van der Waals surface area contributed by atoms with Gasteiger partial charge in [-0.25, -0.2) is 0 Å². The average Bonchev–Trinajstić information content (AvgIpc) is 2.35. The normalized spacial score (nSPS) is 12.8. The Hall–Kier alpha value is -2.16. The van der Waals surface area contributed by atoms with E-state index in [2.05, 4.69) is 10.1 Å². The molecule has 20 heavy (non-hydrogen) atoms. The van der Waals surface area contributed by atoms with Crippen molar-refractivity contribution in [2.45, 2.75) is 19.2 Å². The van der Waals surface area contributed by atoms with Crippen molar-refractivity contribution < 1.29 is 27.6 Å². The van der Waals surface area contributed by atoms with E-state index < -0.39 is 29.7 Å². The zero-order chi connectivity index (χ0) is 15.3. The first kappa shape index (κ1) is 15.9. The molecule has 0 saturated heterocycles. The van der Waals surface area contributed by atoms with Gasteiger partial charge in [0.1, 0.15) is 12.7 Å². The molecule has 0 aliphatic heterocycles. The van der Waals surface area contributed by atoms with Crippen LogP contribution in [0.3, 0.4) is 0 Å². The molecule has 6 nitrogen and oxygen atoms in total. The van der Waals surface area contributed by atoms with Gasteiger partial charge in [-0.05, 0) is 13.0 Å². The van der Waals surface area contributed by atoms with E-state index in [0.717, 1.165) is 13.0 Å². The van der Waals surface area contributed by atoms with Crippen molar-refractivity contribution in [3.8, 4) is 0 Å². The molecule has 110 valence electrons. The van der Waals surface area contributed by atoms with Gasteiger partial charge in [-0.1, -0.05) is 6.07 Å². The minimum absolute atomic E-state index is 0.103. The molecular formula is C11H11F3N2O4. The fraction of sp³-hybridized carbons (Fsp3) is 0.364. The predicted octanol–water partition coefficient (Wildman–Crippen LogP) is 2.50. The van der Waals surface area contributed by atoms with Gasteiger partial charge in [0.25, 0.3) is 11.6 Å². The molecule has 0 aromatic heterocycles. The molecule has 1 amide bonds. The van der Waals surface area contributed by atoms with Gasteiger partial charge >= 0.3 is 6.18 Å². The number of hydrogen-bond acceptors (Lipinski definition) is 4. The zero-order valence-electron chi connectivity index (χ0n) is 10.3. The van der Waals surface area contributed by atoms with Gasteiger partial charge in [-0.3, -0.25) is 14.9 Å². The Balaban J connectivity index is 2.61. The Morgan fingerprint density at radius 2 is 2.15 bits per heavy atom. The minimum atomic E-state index is -4.53. The van der Waals surface area contributed by atoms with Crippen LogP contribution in [0, 0.1) is 10.1 Å². The summed E-state index contributed by atoms with van der Waals surface area (Å²) < 4.78 is 40.1. The number of amides is 1. The van der Waals surface area contributed by atoms with Gasteiger partial charge in [0, 0.05) is 17.8 Å². The summed E-state index contributed by atoms with van der Waals surface area (Å²) in [7, 11) is 0. The van der Waals surface area contributed by atoms with Gasteiger partial charge in [-0.2, -0.15) is 13.2 Å². The third-order valence-electron chi connectivity index (χ3n) is 2.19. The zero-order valence-corrected chi connectivity index (χ0v) is 10.3. The number of nitrogens with one attached hydrogen (secondary N) is 1. The monoisotopic (exact) mass is 292 g/mol. The van der Waals surface area contributed by atoms with Crippen LogP contribution in [0.2, 0.25) is 0 Å². The number of ether oxygens (including phenoxy) is 1. The smallest absolute Gasteiger partial charge is 0.359 e. The van der Waals surface area contributed by atoms with Crippen LogP contribution in [-0.2, 0) is 9.53 Å². The molecule has 0 radical (unpaired) electrons. The minimum Gasteiger partial charge on any atom is -0.359 e. The molecule has 0 bridgehead atoms. The Labute approximate surface area is 111 Å². The number of rotatable bonds is 5. The molecule has 0 aliphatic carbocycles. The lowest BCUT2D eigenvalue weighted by Crippen LogP contribution is -2.31. The number of nitro groups is 1. The number of nitro benzene ring substituents is 1. The molecule has 0 saturated carbocycles. The maximum Gasteiger partial charge on any atom is 0.411 e. The first-order valence-corrected chi connectivity index (χ1v) is 5.43. The van der Waals surface area contributed by atoms with Gasteiger partial charge in [0.15, 0.2) is 0 Å². The number of nitrogens with zero attached hydrogens (tertiary/aromatic N) is 1. The predicted molar refractivity (Wildman–Crippen MR) is 63.2 cm³/mol. The highest BCUT2D eigenvalue weighted by molar-refractivity contribution is 5.94. The van der Waals surface area contributed by atoms with Crippen molar-refractivity contribution in [3.05, 3.63) is 34.4 Å². The number of carbonyl (C=O) groups excluding carboxylic acids is 1. The number of carbonyl (C=O) groups is 1. The molecule has 0 heterocycles. The molecule has 1 atom stereocenters. The molecular weight excluding hydrogens is 281 g/mol. The number of non-ortho nitro benzene ring substituents is 1. The van der Waals surface area contributed by atoms with Crippen LogP contribution in [0.4, 0.5) is 24.5 Å². The van der Waals surface area contributed by atoms with Crippen molar-refractivity contribution in [3.63, 3.8) is 0 Å². The van der Waals surface area contributed by atoms with Crippen LogP contribution >= 0.6 is 0 Å². The Kier molecular flexibility index (Phi) is 5.03. The molecule has 0 unspecified atom stereocenters. The number of benzene rings is 1. The van der Waals surface area contributed by atoms with Crippen LogP contribution in [0.25, 0.3) is 0 Å². The molecule has 0 spiro atoms. The van der Waals surface area contributed by atoms with Crippen LogP contribution in [0.1, 0.15) is 6.92 Å². The third-order valence-corrected chi connectivity index (χ3v) is 2.19. The first-order valence-electron chi connectivity index (χ1n) is 5.43. The summed E-state index contributed by atoms with van der Waals surface area (Å²) in [6, 6.07) is 5.03. The van der Waals surface area contributed by atoms with Crippen LogP contribution in [0.15, 0.2) is 24.3 Å². The van der Waals surface area contributed by atoms with E-state index in [1.807, 2.05) is 0 Å². The van der Waals surface area contributed by atoms with Gasteiger partial charge < -0.3 is 10.1 Å². The first-order chi connectivity index (χ1) is 9.19. The van der Waals surface area contributed by atoms with E-state index in [-0.39, 0.29) is 11.4 Å². The van der Waals surface area contributed by atoms with E-state index in [0.29, 0.717) is 0 Å². The molecule has 9 heteroatoms. The lowest BCUT2D eigenvalue weighted by molar-refractivity contribution is -0.384. The summed E-state index contributed by atoms with van der Waals surface area (Å²) in [5.74, 6) is -0.824. The second kappa shape index (κ2) is 6.33. The summed E-state index contributed by atoms with van der Waals surface area (Å²) >= 11 is 0. The fourth-order valence-electron chi connectivity index (χ4n) is 1.24. The van der Waals surface area contributed by atoms with Crippen LogP contribution in [-0.4, -0.2) is 29.7 Å². The maximum atomic E-state index is 11.9. The standard InChI is InChI=1S/C11H11F3N2O4/c1-7(20-6-11(12,13)14)10(17)15-8-3-2-4-9(5-8)16(18)19/h2-5,7H,6H2,1H3,(H,15,17)/t7-/m1/s1. The fourth-order valence-corrected chi connectivity index (χ4v) is 1.24. The average molecular weight is 292 g/mol. The number of alkyl halides is 3. The molecule has 1 rings (SSSR count). The van der Waals surface area contributed by atoms with Crippen molar-refractivity contribution in [1.29, 1.82) is 0 Å². The summed E-state index contributed by atoms with van der Waals surface area (Å²) in [4.78, 5) is 21.4. The van der Waals surface area contributed by atoms with Crippen molar-refractivity contribution >= 4 is 17.3 Å². The highest BCUT2D eigenvalue weighted by Gasteiger charge is 2.29. The van der Waals surface area contributed by atoms with E-state index in [9.17, 15) is 28.1 Å². The topological polar surface area (TPSA) is 81.5 Å².